The van der Waals surface area contributed by atoms with Gasteiger partial charge in [0, 0.05) is 29.2 Å². The molecule has 2 aliphatic rings. The van der Waals surface area contributed by atoms with Crippen LogP contribution in [-0.4, -0.2) is 54.9 Å². The summed E-state index contributed by atoms with van der Waals surface area (Å²) in [6.07, 6.45) is 3.24. The SMILES string of the molecule is CN(C)CCNC(c1cnc(N)s1)c1ccccc1Cl.O=C(O)C1(c2ccc3c(c2)OCO3)CC1. The molecule has 2 heterocycles. The number of carbonyl (C=O) groups is 1. The number of benzene rings is 2. The molecule has 1 unspecified atom stereocenters. The molecule has 1 saturated carbocycles. The van der Waals surface area contributed by atoms with Crippen LogP contribution in [0.1, 0.15) is 34.9 Å². The first-order valence-electron chi connectivity index (χ1n) is 11.3. The van der Waals surface area contributed by atoms with Gasteiger partial charge in [0.1, 0.15) is 0 Å². The van der Waals surface area contributed by atoms with E-state index in [-0.39, 0.29) is 12.8 Å². The molecule has 5 rings (SSSR count). The molecule has 1 aliphatic carbocycles. The highest BCUT2D eigenvalue weighted by molar-refractivity contribution is 7.15. The minimum Gasteiger partial charge on any atom is -0.481 e. The lowest BCUT2D eigenvalue weighted by Gasteiger charge is -2.20. The monoisotopic (exact) mass is 516 g/mol. The molecule has 3 aromatic rings. The number of nitrogen functional groups attached to an aromatic ring is 1. The van der Waals surface area contributed by atoms with Gasteiger partial charge >= 0.3 is 5.97 Å². The third kappa shape index (κ3) is 5.87. The number of thiazole rings is 1. The standard InChI is InChI=1S/C14H19ClN4S.C11H10O4/c1-19(2)8-7-17-13(12-9-18-14(16)20-12)10-5-3-4-6-11(10)15;12-10(13)11(3-4-11)7-1-2-8-9(5-7)15-6-14-8/h3-6,9,13,17H,7-8H2,1-2H3,(H2,16,18);1-2,5H,3-4,6H2,(H,12,13). The third-order valence-corrected chi connectivity index (χ3v) is 7.27. The van der Waals surface area contributed by atoms with Crippen LogP contribution in [0.5, 0.6) is 11.5 Å². The van der Waals surface area contributed by atoms with E-state index in [1.165, 1.54) is 11.3 Å². The smallest absolute Gasteiger partial charge is 0.314 e. The van der Waals surface area contributed by atoms with Crippen LogP contribution in [0.4, 0.5) is 5.13 Å². The van der Waals surface area contributed by atoms with E-state index in [9.17, 15) is 4.79 Å². The number of fused-ring (bicyclic) bond motifs is 1. The minimum absolute atomic E-state index is 0.0263. The van der Waals surface area contributed by atoms with E-state index < -0.39 is 11.4 Å². The van der Waals surface area contributed by atoms with Crippen molar-refractivity contribution >= 4 is 34.0 Å². The van der Waals surface area contributed by atoms with Crippen LogP contribution in [0.2, 0.25) is 5.02 Å². The molecular formula is C25H29ClN4O4S. The zero-order valence-corrected chi connectivity index (χ0v) is 21.2. The van der Waals surface area contributed by atoms with E-state index in [1.54, 1.807) is 12.1 Å². The average molecular weight is 517 g/mol. The summed E-state index contributed by atoms with van der Waals surface area (Å²) in [4.78, 5) is 18.5. The van der Waals surface area contributed by atoms with Crippen molar-refractivity contribution in [1.82, 2.24) is 15.2 Å². The van der Waals surface area contributed by atoms with Crippen LogP contribution < -0.4 is 20.5 Å². The zero-order valence-electron chi connectivity index (χ0n) is 19.7. The van der Waals surface area contributed by atoms with Crippen LogP contribution >= 0.6 is 22.9 Å². The van der Waals surface area contributed by atoms with E-state index in [2.05, 4.69) is 29.3 Å². The summed E-state index contributed by atoms with van der Waals surface area (Å²) in [5.41, 5.74) is 6.95. The summed E-state index contributed by atoms with van der Waals surface area (Å²) in [5.74, 6) is 0.598. The second-order valence-electron chi connectivity index (χ2n) is 8.77. The summed E-state index contributed by atoms with van der Waals surface area (Å²) in [6.45, 7) is 2.04. The molecular weight excluding hydrogens is 488 g/mol. The highest BCUT2D eigenvalue weighted by Crippen LogP contribution is 2.50. The summed E-state index contributed by atoms with van der Waals surface area (Å²) < 4.78 is 10.4. The second kappa shape index (κ2) is 10.8. The van der Waals surface area contributed by atoms with E-state index in [0.717, 1.165) is 34.1 Å². The number of aliphatic carboxylic acids is 1. The number of halogens is 1. The predicted molar refractivity (Wildman–Crippen MR) is 137 cm³/mol. The Hall–Kier alpha value is -2.85. The van der Waals surface area contributed by atoms with E-state index >= 15 is 0 Å². The van der Waals surface area contributed by atoms with E-state index in [0.29, 0.717) is 29.5 Å². The van der Waals surface area contributed by atoms with Crippen molar-refractivity contribution in [3.63, 3.8) is 0 Å². The molecule has 1 fully saturated rings. The molecule has 1 aromatic heterocycles. The lowest BCUT2D eigenvalue weighted by atomic mass is 9.96. The van der Waals surface area contributed by atoms with Gasteiger partial charge in [-0.05, 0) is 56.3 Å². The zero-order chi connectivity index (χ0) is 25.0. The van der Waals surface area contributed by atoms with Crippen LogP contribution in [-0.2, 0) is 10.2 Å². The molecule has 0 saturated heterocycles. The van der Waals surface area contributed by atoms with Crippen molar-refractivity contribution in [3.8, 4) is 11.5 Å². The van der Waals surface area contributed by atoms with Crippen molar-refractivity contribution in [2.75, 3.05) is 39.7 Å². The Morgan fingerprint density at radius 1 is 1.26 bits per heavy atom. The van der Waals surface area contributed by atoms with Crippen LogP contribution in [0.3, 0.4) is 0 Å². The molecule has 1 aliphatic heterocycles. The lowest BCUT2D eigenvalue weighted by molar-refractivity contribution is -0.140. The number of carboxylic acid groups (broad SMARTS) is 1. The van der Waals surface area contributed by atoms with Gasteiger partial charge in [-0.1, -0.05) is 35.9 Å². The van der Waals surface area contributed by atoms with Crippen LogP contribution in [0, 0.1) is 0 Å². The minimum atomic E-state index is -0.749. The second-order valence-corrected chi connectivity index (χ2v) is 10.3. The Labute approximate surface area is 213 Å². The van der Waals surface area contributed by atoms with Gasteiger partial charge in [-0.15, -0.1) is 11.3 Å². The fourth-order valence-corrected chi connectivity index (χ4v) is 4.91. The number of nitrogens with one attached hydrogen (secondary N) is 1. The number of anilines is 1. The Morgan fingerprint density at radius 3 is 2.63 bits per heavy atom. The summed E-state index contributed by atoms with van der Waals surface area (Å²) in [5, 5.41) is 14.0. The number of hydrogen-bond donors (Lipinski definition) is 3. The quantitative estimate of drug-likeness (QED) is 0.409. The van der Waals surface area contributed by atoms with Crippen molar-refractivity contribution in [1.29, 1.82) is 0 Å². The maximum Gasteiger partial charge on any atom is 0.314 e. The predicted octanol–water partition coefficient (Wildman–Crippen LogP) is 4.15. The van der Waals surface area contributed by atoms with Gasteiger partial charge < -0.3 is 30.5 Å². The van der Waals surface area contributed by atoms with Crippen molar-refractivity contribution < 1.29 is 19.4 Å². The highest BCUT2D eigenvalue weighted by atomic mass is 35.5. The topological polar surface area (TPSA) is 110 Å². The maximum atomic E-state index is 11.1. The number of nitrogens with two attached hydrogens (primary N) is 1. The van der Waals surface area contributed by atoms with Crippen molar-refractivity contribution in [2.45, 2.75) is 24.3 Å². The van der Waals surface area contributed by atoms with Gasteiger partial charge in [0.05, 0.1) is 11.5 Å². The average Bonchev–Trinajstić information content (AvgIpc) is 3.33. The Bertz CT molecular complexity index is 1180. The number of aromatic nitrogens is 1. The van der Waals surface area contributed by atoms with Gasteiger partial charge in [-0.2, -0.15) is 0 Å². The third-order valence-electron chi connectivity index (χ3n) is 6.03. The number of likely N-dealkylation sites (N-methyl/N-ethyl adjacent to an activating group) is 1. The molecule has 8 nitrogen and oxygen atoms in total. The van der Waals surface area contributed by atoms with E-state index in [1.807, 2.05) is 36.5 Å². The first-order valence-corrected chi connectivity index (χ1v) is 12.5. The number of nitrogens with zero attached hydrogens (tertiary/aromatic N) is 2. The molecule has 0 bridgehead atoms. The first-order chi connectivity index (χ1) is 16.8. The molecule has 4 N–H and O–H groups in total. The first kappa shape index (κ1) is 25.2. The molecule has 0 spiro atoms. The molecule has 1 atom stereocenters. The number of carboxylic acids is 1. The largest absolute Gasteiger partial charge is 0.481 e. The number of rotatable bonds is 8. The van der Waals surface area contributed by atoms with Crippen molar-refractivity contribution in [2.24, 2.45) is 0 Å². The van der Waals surface area contributed by atoms with Gasteiger partial charge in [0.2, 0.25) is 6.79 Å². The highest BCUT2D eigenvalue weighted by Gasteiger charge is 2.52. The van der Waals surface area contributed by atoms with Gasteiger partial charge in [-0.3, -0.25) is 4.79 Å². The van der Waals surface area contributed by atoms with Crippen LogP contribution in [0.25, 0.3) is 0 Å². The molecule has 0 amide bonds. The Kier molecular flexibility index (Phi) is 7.81. The van der Waals surface area contributed by atoms with Gasteiger partial charge in [0.15, 0.2) is 16.6 Å². The fraction of sp³-hybridized carbons (Fsp3) is 0.360. The van der Waals surface area contributed by atoms with Gasteiger partial charge in [-0.25, -0.2) is 4.98 Å². The normalized spacial score (nSPS) is 15.9. The summed E-state index contributed by atoms with van der Waals surface area (Å²) in [7, 11) is 4.10. The molecule has 2 aromatic carbocycles. The molecule has 35 heavy (non-hydrogen) atoms. The number of hydrogen-bond acceptors (Lipinski definition) is 8. The molecule has 0 radical (unpaired) electrons. The maximum absolute atomic E-state index is 11.1. The van der Waals surface area contributed by atoms with E-state index in [4.69, 9.17) is 31.9 Å². The van der Waals surface area contributed by atoms with Gasteiger partial charge in [0.25, 0.3) is 0 Å². The number of ether oxygens (including phenoxy) is 2. The summed E-state index contributed by atoms with van der Waals surface area (Å²) in [6, 6.07) is 13.3. The lowest BCUT2D eigenvalue weighted by Crippen LogP contribution is -2.30. The molecule has 10 heteroatoms. The Balaban J connectivity index is 0.000000171. The fourth-order valence-electron chi connectivity index (χ4n) is 3.88. The van der Waals surface area contributed by atoms with Crippen LogP contribution in [0.15, 0.2) is 48.7 Å². The molecule has 186 valence electrons. The summed E-state index contributed by atoms with van der Waals surface area (Å²) >= 11 is 7.81. The Morgan fingerprint density at radius 2 is 2.00 bits per heavy atom. The van der Waals surface area contributed by atoms with Crippen molar-refractivity contribution in [3.05, 3.63) is 69.7 Å².